The lowest BCUT2D eigenvalue weighted by Crippen LogP contribution is -2.21. The van der Waals surface area contributed by atoms with E-state index in [9.17, 15) is 19.7 Å². The molecule has 0 aliphatic heterocycles. The first-order valence-corrected chi connectivity index (χ1v) is 6.13. The summed E-state index contributed by atoms with van der Waals surface area (Å²) in [6, 6.07) is 6.24. The lowest BCUT2D eigenvalue weighted by molar-refractivity contribution is -0.384. The summed E-state index contributed by atoms with van der Waals surface area (Å²) in [7, 11) is 0. The Hall–Kier alpha value is -2.67. The molecule has 0 aliphatic rings. The Morgan fingerprint density at radius 2 is 2.05 bits per heavy atom. The fraction of sp³-hybridized carbons (Fsp3) is 0.0769. The molecule has 2 rings (SSSR count). The van der Waals surface area contributed by atoms with Gasteiger partial charge in [0.15, 0.2) is 0 Å². The van der Waals surface area contributed by atoms with Gasteiger partial charge in [-0.2, -0.15) is 0 Å². The fourth-order valence-corrected chi connectivity index (χ4v) is 1.97. The third-order valence-corrected chi connectivity index (χ3v) is 3.18. The molecule has 2 aromatic rings. The van der Waals surface area contributed by atoms with E-state index in [0.717, 1.165) is 6.07 Å². The first kappa shape index (κ1) is 14.7. The first-order chi connectivity index (χ1) is 9.88. The van der Waals surface area contributed by atoms with Crippen LogP contribution in [0.3, 0.4) is 0 Å². The van der Waals surface area contributed by atoms with E-state index in [4.69, 9.17) is 16.7 Å². The summed E-state index contributed by atoms with van der Waals surface area (Å²) in [5.74, 6) is -1.19. The number of carboxylic acids is 1. The molecule has 1 heterocycles. The molecule has 0 unspecified atom stereocenters. The van der Waals surface area contributed by atoms with Gasteiger partial charge in [0.25, 0.3) is 11.2 Å². The number of hydrogen-bond donors (Lipinski definition) is 1. The van der Waals surface area contributed by atoms with Crippen molar-refractivity contribution in [1.82, 2.24) is 4.57 Å². The molecule has 1 aromatic carbocycles. The van der Waals surface area contributed by atoms with Crippen LogP contribution in [-0.4, -0.2) is 20.6 Å². The predicted molar refractivity (Wildman–Crippen MR) is 74.9 cm³/mol. The summed E-state index contributed by atoms with van der Waals surface area (Å²) in [6.07, 6.45) is 1.34. The van der Waals surface area contributed by atoms with E-state index in [1.54, 1.807) is 0 Å². The van der Waals surface area contributed by atoms with Crippen molar-refractivity contribution in [3.63, 3.8) is 0 Å². The average molecular weight is 309 g/mol. The van der Waals surface area contributed by atoms with Crippen LogP contribution in [0.5, 0.6) is 0 Å². The number of aromatic nitrogens is 1. The third kappa shape index (κ3) is 3.26. The SMILES string of the molecule is O=C(O)c1ccn(Cc2ccc([N+](=O)[O-])cc2Cl)c(=O)c1. The molecule has 0 saturated carbocycles. The van der Waals surface area contributed by atoms with Gasteiger partial charge >= 0.3 is 5.97 Å². The maximum atomic E-state index is 11.8. The molecule has 0 radical (unpaired) electrons. The van der Waals surface area contributed by atoms with E-state index in [1.165, 1.54) is 35.0 Å². The molecule has 1 aromatic heterocycles. The number of carbonyl (C=O) groups is 1. The highest BCUT2D eigenvalue weighted by molar-refractivity contribution is 6.31. The minimum atomic E-state index is -1.19. The van der Waals surface area contributed by atoms with Crippen LogP contribution >= 0.6 is 11.6 Å². The number of nitro benzene ring substituents is 1. The summed E-state index contributed by atoms with van der Waals surface area (Å²) in [4.78, 5) is 32.6. The number of nitro groups is 1. The van der Waals surface area contributed by atoms with E-state index >= 15 is 0 Å². The molecular formula is C13H9ClN2O5. The van der Waals surface area contributed by atoms with Crippen LogP contribution in [0.25, 0.3) is 0 Å². The van der Waals surface area contributed by atoms with Gasteiger partial charge in [0, 0.05) is 24.4 Å². The van der Waals surface area contributed by atoms with Gasteiger partial charge in [0.05, 0.1) is 22.1 Å². The summed E-state index contributed by atoms with van der Waals surface area (Å²) in [6.45, 7) is 0.0928. The van der Waals surface area contributed by atoms with Gasteiger partial charge in [-0.1, -0.05) is 11.6 Å². The van der Waals surface area contributed by atoms with Crippen molar-refractivity contribution in [3.05, 3.63) is 73.1 Å². The molecule has 7 nitrogen and oxygen atoms in total. The normalized spacial score (nSPS) is 10.3. The number of pyridine rings is 1. The number of benzene rings is 1. The summed E-state index contributed by atoms with van der Waals surface area (Å²) >= 11 is 5.94. The number of hydrogen-bond acceptors (Lipinski definition) is 4. The molecule has 21 heavy (non-hydrogen) atoms. The fourth-order valence-electron chi connectivity index (χ4n) is 1.73. The van der Waals surface area contributed by atoms with Crippen LogP contribution in [-0.2, 0) is 6.54 Å². The van der Waals surface area contributed by atoms with Crippen LogP contribution in [0.4, 0.5) is 5.69 Å². The maximum absolute atomic E-state index is 11.8. The van der Waals surface area contributed by atoms with Crippen LogP contribution in [0, 0.1) is 10.1 Å². The number of nitrogens with zero attached hydrogens (tertiary/aromatic N) is 2. The molecule has 108 valence electrons. The van der Waals surface area contributed by atoms with E-state index < -0.39 is 16.5 Å². The van der Waals surface area contributed by atoms with Crippen LogP contribution < -0.4 is 5.56 Å². The zero-order valence-electron chi connectivity index (χ0n) is 10.5. The van der Waals surface area contributed by atoms with Gasteiger partial charge in [-0.3, -0.25) is 14.9 Å². The number of rotatable bonds is 4. The largest absolute Gasteiger partial charge is 0.478 e. The number of halogens is 1. The van der Waals surface area contributed by atoms with Crippen molar-refractivity contribution in [1.29, 1.82) is 0 Å². The highest BCUT2D eigenvalue weighted by Gasteiger charge is 2.11. The average Bonchev–Trinajstić information content (AvgIpc) is 2.42. The van der Waals surface area contributed by atoms with Crippen molar-refractivity contribution in [3.8, 4) is 0 Å². The monoisotopic (exact) mass is 308 g/mol. The molecule has 0 fully saturated rings. The van der Waals surface area contributed by atoms with Crippen molar-refractivity contribution in [2.24, 2.45) is 0 Å². The zero-order chi connectivity index (χ0) is 15.6. The minimum Gasteiger partial charge on any atom is -0.478 e. The maximum Gasteiger partial charge on any atom is 0.335 e. The van der Waals surface area contributed by atoms with Gasteiger partial charge in [-0.05, 0) is 17.7 Å². The number of aromatic carboxylic acids is 1. The Morgan fingerprint density at radius 3 is 2.57 bits per heavy atom. The van der Waals surface area contributed by atoms with Gasteiger partial charge in [-0.15, -0.1) is 0 Å². The van der Waals surface area contributed by atoms with Crippen LogP contribution in [0.1, 0.15) is 15.9 Å². The second-order valence-electron chi connectivity index (χ2n) is 4.22. The number of non-ortho nitro benzene ring substituents is 1. The number of carboxylic acid groups (broad SMARTS) is 1. The summed E-state index contributed by atoms with van der Waals surface area (Å²) in [5.41, 5.74) is -0.222. The van der Waals surface area contributed by atoms with Crippen molar-refractivity contribution in [2.75, 3.05) is 0 Å². The molecule has 0 atom stereocenters. The predicted octanol–water partition coefficient (Wildman–Crippen LogP) is 2.16. The van der Waals surface area contributed by atoms with Crippen LogP contribution in [0.15, 0.2) is 41.3 Å². The molecule has 0 aliphatic carbocycles. The lowest BCUT2D eigenvalue weighted by Gasteiger charge is -2.07. The molecule has 0 amide bonds. The lowest BCUT2D eigenvalue weighted by atomic mass is 10.2. The minimum absolute atomic E-state index is 0.0928. The van der Waals surface area contributed by atoms with E-state index in [0.29, 0.717) is 5.56 Å². The Kier molecular flexibility index (Phi) is 4.04. The second-order valence-corrected chi connectivity index (χ2v) is 4.63. The highest BCUT2D eigenvalue weighted by atomic mass is 35.5. The molecule has 0 spiro atoms. The molecular weight excluding hydrogens is 300 g/mol. The van der Waals surface area contributed by atoms with Gasteiger partial charge < -0.3 is 9.67 Å². The Labute approximate surface area is 123 Å². The summed E-state index contributed by atoms with van der Waals surface area (Å²) in [5, 5.41) is 19.6. The van der Waals surface area contributed by atoms with Crippen molar-refractivity contribution >= 4 is 23.3 Å². The Bertz CT molecular complexity index is 784. The Balaban J connectivity index is 2.32. The smallest absolute Gasteiger partial charge is 0.335 e. The van der Waals surface area contributed by atoms with Crippen molar-refractivity contribution < 1.29 is 14.8 Å². The summed E-state index contributed by atoms with van der Waals surface area (Å²) < 4.78 is 1.26. The first-order valence-electron chi connectivity index (χ1n) is 5.75. The quantitative estimate of drug-likeness (QED) is 0.688. The standard InChI is InChI=1S/C13H9ClN2O5/c14-11-6-10(16(20)21)2-1-9(11)7-15-4-3-8(13(18)19)5-12(15)17/h1-6H,7H2,(H,18,19). The van der Waals surface area contributed by atoms with Gasteiger partial charge in [0.1, 0.15) is 0 Å². The van der Waals surface area contributed by atoms with E-state index in [1.807, 2.05) is 0 Å². The topological polar surface area (TPSA) is 102 Å². The highest BCUT2D eigenvalue weighted by Crippen LogP contribution is 2.22. The van der Waals surface area contributed by atoms with Crippen molar-refractivity contribution in [2.45, 2.75) is 6.54 Å². The van der Waals surface area contributed by atoms with E-state index in [2.05, 4.69) is 0 Å². The second kappa shape index (κ2) is 5.76. The molecule has 0 bridgehead atoms. The van der Waals surface area contributed by atoms with Gasteiger partial charge in [-0.25, -0.2) is 4.79 Å². The van der Waals surface area contributed by atoms with Gasteiger partial charge in [0.2, 0.25) is 0 Å². The third-order valence-electron chi connectivity index (χ3n) is 2.83. The Morgan fingerprint density at radius 1 is 1.33 bits per heavy atom. The molecule has 0 saturated heterocycles. The molecule has 1 N–H and O–H groups in total. The van der Waals surface area contributed by atoms with Crippen LogP contribution in [0.2, 0.25) is 5.02 Å². The molecule has 8 heteroatoms. The zero-order valence-corrected chi connectivity index (χ0v) is 11.3. The van der Waals surface area contributed by atoms with E-state index in [-0.39, 0.29) is 22.8 Å².